The van der Waals surface area contributed by atoms with Crippen molar-refractivity contribution in [1.82, 2.24) is 0 Å². The molecule has 20 heavy (non-hydrogen) atoms. The molecule has 1 amide bonds. The normalized spacial score (nSPS) is 10.7. The molecule has 0 fully saturated rings. The number of thiophene rings is 1. The molecule has 0 bridgehead atoms. The van der Waals surface area contributed by atoms with E-state index >= 15 is 0 Å². The maximum atomic E-state index is 11.9. The van der Waals surface area contributed by atoms with E-state index in [2.05, 4.69) is 5.32 Å². The Labute approximate surface area is 124 Å². The highest BCUT2D eigenvalue weighted by molar-refractivity contribution is 7.18. The van der Waals surface area contributed by atoms with Crippen molar-refractivity contribution in [3.63, 3.8) is 0 Å². The number of hydrogen-bond acceptors (Lipinski definition) is 3. The monoisotopic (exact) mass is 307 g/mol. The van der Waals surface area contributed by atoms with E-state index in [-0.39, 0.29) is 5.91 Å². The first-order valence-electron chi connectivity index (χ1n) is 5.62. The lowest BCUT2D eigenvalue weighted by Crippen LogP contribution is -2.09. The molecular formula is C14H10ClNO3S. The van der Waals surface area contributed by atoms with Crippen molar-refractivity contribution < 1.29 is 14.7 Å². The van der Waals surface area contributed by atoms with E-state index in [0.29, 0.717) is 14.9 Å². The average Bonchev–Trinajstić information content (AvgIpc) is 2.85. The van der Waals surface area contributed by atoms with Crippen molar-refractivity contribution in [2.45, 2.75) is 0 Å². The van der Waals surface area contributed by atoms with Gasteiger partial charge in [-0.05, 0) is 35.9 Å². The fourth-order valence-corrected chi connectivity index (χ4v) is 2.41. The van der Waals surface area contributed by atoms with Crippen LogP contribution in [0.1, 0.15) is 15.2 Å². The summed E-state index contributed by atoms with van der Waals surface area (Å²) in [6.07, 6.45) is 2.54. The van der Waals surface area contributed by atoms with Crippen LogP contribution in [0.4, 0.5) is 5.69 Å². The molecule has 0 radical (unpaired) electrons. The van der Waals surface area contributed by atoms with E-state index in [0.717, 1.165) is 11.6 Å². The summed E-state index contributed by atoms with van der Waals surface area (Å²) in [4.78, 5) is 22.8. The summed E-state index contributed by atoms with van der Waals surface area (Å²) >= 11 is 6.98. The molecular weight excluding hydrogens is 298 g/mol. The molecule has 0 atom stereocenters. The lowest BCUT2D eigenvalue weighted by Gasteiger charge is -2.03. The Hall–Kier alpha value is -2.11. The number of amides is 1. The molecule has 0 spiro atoms. The zero-order chi connectivity index (χ0) is 14.5. The SMILES string of the molecule is O=C(O)/C=C/c1ccc(NC(=O)c2ccc(Cl)s2)cc1. The number of aliphatic carboxylic acids is 1. The van der Waals surface area contributed by atoms with Crippen molar-refractivity contribution >= 4 is 46.6 Å². The van der Waals surface area contributed by atoms with E-state index in [1.807, 2.05) is 0 Å². The third-order valence-corrected chi connectivity index (χ3v) is 3.61. The minimum atomic E-state index is -1.00. The van der Waals surface area contributed by atoms with Crippen molar-refractivity contribution in [3.8, 4) is 0 Å². The predicted octanol–water partition coefficient (Wildman–Crippen LogP) is 3.75. The van der Waals surface area contributed by atoms with Gasteiger partial charge in [-0.25, -0.2) is 4.79 Å². The van der Waals surface area contributed by atoms with Crippen molar-refractivity contribution in [2.24, 2.45) is 0 Å². The number of carbonyl (C=O) groups is 2. The van der Waals surface area contributed by atoms with Crippen LogP contribution >= 0.6 is 22.9 Å². The minimum Gasteiger partial charge on any atom is -0.478 e. The summed E-state index contributed by atoms with van der Waals surface area (Å²) in [5.74, 6) is -1.23. The number of hydrogen-bond donors (Lipinski definition) is 2. The Morgan fingerprint density at radius 1 is 1.15 bits per heavy atom. The molecule has 2 N–H and O–H groups in total. The molecule has 0 aliphatic rings. The average molecular weight is 308 g/mol. The highest BCUT2D eigenvalue weighted by Gasteiger charge is 2.08. The zero-order valence-electron chi connectivity index (χ0n) is 10.2. The maximum absolute atomic E-state index is 11.9. The van der Waals surface area contributed by atoms with Gasteiger partial charge in [-0.15, -0.1) is 11.3 Å². The molecule has 2 rings (SSSR count). The molecule has 0 aliphatic heterocycles. The van der Waals surface area contributed by atoms with Gasteiger partial charge in [-0.2, -0.15) is 0 Å². The summed E-state index contributed by atoms with van der Waals surface area (Å²) in [5.41, 5.74) is 1.37. The topological polar surface area (TPSA) is 66.4 Å². The van der Waals surface area contributed by atoms with E-state index in [1.54, 1.807) is 36.4 Å². The van der Waals surface area contributed by atoms with Gasteiger partial charge in [0.15, 0.2) is 0 Å². The van der Waals surface area contributed by atoms with Gasteiger partial charge in [-0.3, -0.25) is 4.79 Å². The van der Waals surface area contributed by atoms with Crippen molar-refractivity contribution in [3.05, 3.63) is 57.3 Å². The molecule has 2 aromatic rings. The van der Waals surface area contributed by atoms with Gasteiger partial charge >= 0.3 is 5.97 Å². The summed E-state index contributed by atoms with van der Waals surface area (Å²) < 4.78 is 0.560. The maximum Gasteiger partial charge on any atom is 0.328 e. The zero-order valence-corrected chi connectivity index (χ0v) is 11.7. The Morgan fingerprint density at radius 2 is 1.85 bits per heavy atom. The number of rotatable bonds is 4. The number of anilines is 1. The molecule has 0 aliphatic carbocycles. The summed E-state index contributed by atoms with van der Waals surface area (Å²) in [5, 5.41) is 11.3. The first kappa shape index (κ1) is 14.3. The van der Waals surface area contributed by atoms with E-state index < -0.39 is 5.97 Å². The molecule has 102 valence electrons. The molecule has 0 unspecified atom stereocenters. The van der Waals surface area contributed by atoms with E-state index in [4.69, 9.17) is 16.7 Å². The van der Waals surface area contributed by atoms with Gasteiger partial charge in [0, 0.05) is 11.8 Å². The third-order valence-electron chi connectivity index (χ3n) is 2.38. The lowest BCUT2D eigenvalue weighted by atomic mass is 10.2. The van der Waals surface area contributed by atoms with Crippen molar-refractivity contribution in [1.29, 1.82) is 0 Å². The van der Waals surface area contributed by atoms with Crippen LogP contribution in [0.2, 0.25) is 4.34 Å². The highest BCUT2D eigenvalue weighted by atomic mass is 35.5. The molecule has 1 heterocycles. The Balaban J connectivity index is 2.03. The Bertz CT molecular complexity index is 661. The molecule has 4 nitrogen and oxygen atoms in total. The van der Waals surface area contributed by atoms with Crippen LogP contribution in [0, 0.1) is 0 Å². The van der Waals surface area contributed by atoms with Gasteiger partial charge in [0.25, 0.3) is 5.91 Å². The van der Waals surface area contributed by atoms with E-state index in [1.165, 1.54) is 17.4 Å². The second-order valence-electron chi connectivity index (χ2n) is 3.85. The summed E-state index contributed by atoms with van der Waals surface area (Å²) in [6.45, 7) is 0. The number of carboxylic acids is 1. The van der Waals surface area contributed by atoms with Crippen LogP contribution in [-0.4, -0.2) is 17.0 Å². The van der Waals surface area contributed by atoms with Crippen LogP contribution in [-0.2, 0) is 4.79 Å². The highest BCUT2D eigenvalue weighted by Crippen LogP contribution is 2.22. The molecule has 0 saturated carbocycles. The fraction of sp³-hybridized carbons (Fsp3) is 0. The summed E-state index contributed by atoms with van der Waals surface area (Å²) in [7, 11) is 0. The molecule has 1 aromatic heterocycles. The molecule has 0 saturated heterocycles. The number of benzene rings is 1. The minimum absolute atomic E-state index is 0.226. The molecule has 1 aromatic carbocycles. The van der Waals surface area contributed by atoms with E-state index in [9.17, 15) is 9.59 Å². The number of nitrogens with one attached hydrogen (secondary N) is 1. The predicted molar refractivity (Wildman–Crippen MR) is 80.4 cm³/mol. The number of halogens is 1. The molecule has 6 heteroatoms. The first-order chi connectivity index (χ1) is 9.54. The number of carbonyl (C=O) groups excluding carboxylic acids is 1. The smallest absolute Gasteiger partial charge is 0.328 e. The Morgan fingerprint density at radius 3 is 2.40 bits per heavy atom. The second-order valence-corrected chi connectivity index (χ2v) is 5.57. The van der Waals surface area contributed by atoms with Gasteiger partial charge in [0.1, 0.15) is 0 Å². The van der Waals surface area contributed by atoms with Crippen LogP contribution in [0.15, 0.2) is 42.5 Å². The van der Waals surface area contributed by atoms with Crippen LogP contribution in [0.25, 0.3) is 6.08 Å². The van der Waals surface area contributed by atoms with Gasteiger partial charge in [-0.1, -0.05) is 23.7 Å². The Kier molecular flexibility index (Phi) is 4.55. The largest absolute Gasteiger partial charge is 0.478 e. The third kappa shape index (κ3) is 3.94. The van der Waals surface area contributed by atoms with Gasteiger partial charge in [0.2, 0.25) is 0 Å². The van der Waals surface area contributed by atoms with Crippen molar-refractivity contribution in [2.75, 3.05) is 5.32 Å². The number of carboxylic acid groups (broad SMARTS) is 1. The fourth-order valence-electron chi connectivity index (χ4n) is 1.47. The van der Waals surface area contributed by atoms with Gasteiger partial charge in [0.05, 0.1) is 9.21 Å². The summed E-state index contributed by atoms with van der Waals surface area (Å²) in [6, 6.07) is 10.2. The quantitative estimate of drug-likeness (QED) is 0.845. The van der Waals surface area contributed by atoms with Crippen LogP contribution in [0.5, 0.6) is 0 Å². The van der Waals surface area contributed by atoms with Crippen LogP contribution < -0.4 is 5.32 Å². The van der Waals surface area contributed by atoms with Gasteiger partial charge < -0.3 is 10.4 Å². The first-order valence-corrected chi connectivity index (χ1v) is 6.82. The standard InChI is InChI=1S/C14H10ClNO3S/c15-12-7-6-11(20-12)14(19)16-10-4-1-9(2-5-10)3-8-13(17)18/h1-8H,(H,16,19)(H,17,18)/b8-3+. The second kappa shape index (κ2) is 6.36. The van der Waals surface area contributed by atoms with Crippen LogP contribution in [0.3, 0.4) is 0 Å². The lowest BCUT2D eigenvalue weighted by molar-refractivity contribution is -0.131.